The van der Waals surface area contributed by atoms with Gasteiger partial charge in [0.2, 0.25) is 0 Å². The van der Waals surface area contributed by atoms with Gasteiger partial charge in [-0.25, -0.2) is 0 Å². The molecule has 0 amide bonds. The second-order valence-electron chi connectivity index (χ2n) is 4.77. The van der Waals surface area contributed by atoms with Crippen LogP contribution in [0.2, 0.25) is 0 Å². The van der Waals surface area contributed by atoms with Crippen molar-refractivity contribution < 1.29 is 4.92 Å². The average molecular weight is 247 g/mol. The molecule has 0 aromatic heterocycles. The summed E-state index contributed by atoms with van der Waals surface area (Å²) in [6.07, 6.45) is 4.36. The van der Waals surface area contributed by atoms with Crippen molar-refractivity contribution in [2.45, 2.75) is 32.6 Å². The lowest BCUT2D eigenvalue weighted by atomic mass is 9.89. The first-order chi connectivity index (χ1) is 8.66. The number of benzene rings is 1. The quantitative estimate of drug-likeness (QED) is 0.655. The summed E-state index contributed by atoms with van der Waals surface area (Å²) in [5.41, 5.74) is 4.45. The van der Waals surface area contributed by atoms with Crippen LogP contribution in [0.5, 0.6) is 0 Å². The van der Waals surface area contributed by atoms with Crippen LogP contribution in [0.4, 0.5) is 11.4 Å². The monoisotopic (exact) mass is 247 g/mol. The Balaban J connectivity index is 2.10. The van der Waals surface area contributed by atoms with E-state index in [2.05, 4.69) is 17.5 Å². The maximum atomic E-state index is 10.8. The molecule has 1 aromatic carbocycles. The van der Waals surface area contributed by atoms with E-state index in [4.69, 9.17) is 0 Å². The molecule has 1 aliphatic carbocycles. The van der Waals surface area contributed by atoms with E-state index in [0.29, 0.717) is 11.6 Å². The molecule has 96 valence electrons. The predicted octanol–water partition coefficient (Wildman–Crippen LogP) is 3.57. The van der Waals surface area contributed by atoms with Gasteiger partial charge >= 0.3 is 0 Å². The molecular weight excluding hydrogens is 230 g/mol. The molecule has 1 N–H and O–H groups in total. The molecule has 5 heteroatoms. The van der Waals surface area contributed by atoms with Gasteiger partial charge in [-0.1, -0.05) is 19.1 Å². The van der Waals surface area contributed by atoms with Gasteiger partial charge in [0, 0.05) is 11.8 Å². The standard InChI is InChI=1S/C13H17N3O2/c1-10-5-4-6-11(9-10)14-15-12-7-2-3-8-13(12)16(17)18/h2-3,7-8,10,15H,4-6,9H2,1H3/b14-11+/t10-/m1/s1. The van der Waals surface area contributed by atoms with Gasteiger partial charge in [0.05, 0.1) is 4.92 Å². The van der Waals surface area contributed by atoms with Crippen molar-refractivity contribution in [1.82, 2.24) is 0 Å². The van der Waals surface area contributed by atoms with Crippen LogP contribution in [-0.4, -0.2) is 10.6 Å². The Morgan fingerprint density at radius 1 is 1.44 bits per heavy atom. The minimum absolute atomic E-state index is 0.0608. The van der Waals surface area contributed by atoms with E-state index >= 15 is 0 Å². The average Bonchev–Trinajstić information content (AvgIpc) is 2.37. The first-order valence-corrected chi connectivity index (χ1v) is 6.21. The van der Waals surface area contributed by atoms with Crippen LogP contribution in [0.25, 0.3) is 0 Å². The number of nitro benzene ring substituents is 1. The van der Waals surface area contributed by atoms with E-state index in [1.54, 1.807) is 18.2 Å². The lowest BCUT2D eigenvalue weighted by Gasteiger charge is -2.19. The highest BCUT2D eigenvalue weighted by Gasteiger charge is 2.15. The molecule has 5 nitrogen and oxygen atoms in total. The highest BCUT2D eigenvalue weighted by Crippen LogP contribution is 2.25. The van der Waals surface area contributed by atoms with Crippen molar-refractivity contribution in [2.24, 2.45) is 11.0 Å². The van der Waals surface area contributed by atoms with Gasteiger partial charge in [0.15, 0.2) is 0 Å². The van der Waals surface area contributed by atoms with E-state index in [1.165, 1.54) is 12.5 Å². The van der Waals surface area contributed by atoms with Crippen LogP contribution in [0.15, 0.2) is 29.4 Å². The van der Waals surface area contributed by atoms with E-state index in [9.17, 15) is 10.1 Å². The van der Waals surface area contributed by atoms with Crippen molar-refractivity contribution in [2.75, 3.05) is 5.43 Å². The SMILES string of the molecule is C[C@@H]1CCC/C(=N\Nc2ccccc2[N+](=O)[O-])C1. The van der Waals surface area contributed by atoms with Crippen LogP contribution < -0.4 is 5.43 Å². The first kappa shape index (κ1) is 12.5. The van der Waals surface area contributed by atoms with Crippen molar-refractivity contribution in [3.8, 4) is 0 Å². The molecule has 0 bridgehead atoms. The normalized spacial score (nSPS) is 21.8. The molecule has 1 atom stereocenters. The van der Waals surface area contributed by atoms with Crippen LogP contribution >= 0.6 is 0 Å². The van der Waals surface area contributed by atoms with Crippen LogP contribution in [0.1, 0.15) is 32.6 Å². The third-order valence-electron chi connectivity index (χ3n) is 3.18. The number of nitrogens with one attached hydrogen (secondary N) is 1. The summed E-state index contributed by atoms with van der Waals surface area (Å²) in [6.45, 7) is 2.21. The second-order valence-corrected chi connectivity index (χ2v) is 4.77. The van der Waals surface area contributed by atoms with Crippen LogP contribution in [0.3, 0.4) is 0 Å². The molecule has 2 rings (SSSR count). The molecule has 0 unspecified atom stereocenters. The van der Waals surface area contributed by atoms with Crippen LogP contribution in [-0.2, 0) is 0 Å². The van der Waals surface area contributed by atoms with Gasteiger partial charge in [0.25, 0.3) is 5.69 Å². The molecule has 0 radical (unpaired) electrons. The van der Waals surface area contributed by atoms with Gasteiger partial charge < -0.3 is 0 Å². The number of para-hydroxylation sites is 2. The summed E-state index contributed by atoms with van der Waals surface area (Å²) in [7, 11) is 0. The fourth-order valence-corrected chi connectivity index (χ4v) is 2.23. The maximum Gasteiger partial charge on any atom is 0.294 e. The molecule has 0 aliphatic heterocycles. The number of nitro groups is 1. The summed E-state index contributed by atoms with van der Waals surface area (Å²) in [5, 5.41) is 15.2. The van der Waals surface area contributed by atoms with Gasteiger partial charge in [0.1, 0.15) is 5.69 Å². The minimum atomic E-state index is -0.397. The highest BCUT2D eigenvalue weighted by atomic mass is 16.6. The lowest BCUT2D eigenvalue weighted by molar-refractivity contribution is -0.384. The van der Waals surface area contributed by atoms with Gasteiger partial charge in [-0.2, -0.15) is 5.10 Å². The van der Waals surface area contributed by atoms with E-state index in [0.717, 1.165) is 25.0 Å². The zero-order valence-corrected chi connectivity index (χ0v) is 10.4. The minimum Gasteiger partial charge on any atom is -0.272 e. The summed E-state index contributed by atoms with van der Waals surface area (Å²) in [4.78, 5) is 10.4. The summed E-state index contributed by atoms with van der Waals surface area (Å²) in [6, 6.07) is 6.57. The number of hydrogen-bond donors (Lipinski definition) is 1. The van der Waals surface area contributed by atoms with E-state index in [1.807, 2.05) is 0 Å². The maximum absolute atomic E-state index is 10.8. The van der Waals surface area contributed by atoms with Gasteiger partial charge in [-0.15, -0.1) is 0 Å². The van der Waals surface area contributed by atoms with Crippen molar-refractivity contribution in [3.63, 3.8) is 0 Å². The molecular formula is C13H17N3O2. The summed E-state index contributed by atoms with van der Waals surface area (Å²) >= 11 is 0. The zero-order chi connectivity index (χ0) is 13.0. The van der Waals surface area contributed by atoms with Crippen molar-refractivity contribution in [3.05, 3.63) is 34.4 Å². The Morgan fingerprint density at radius 2 is 2.22 bits per heavy atom. The molecule has 18 heavy (non-hydrogen) atoms. The predicted molar refractivity (Wildman–Crippen MR) is 71.8 cm³/mol. The Hall–Kier alpha value is -1.91. The zero-order valence-electron chi connectivity index (χ0n) is 10.4. The number of anilines is 1. The van der Waals surface area contributed by atoms with Crippen LogP contribution in [0, 0.1) is 16.0 Å². The molecule has 0 saturated heterocycles. The largest absolute Gasteiger partial charge is 0.294 e. The number of rotatable bonds is 3. The van der Waals surface area contributed by atoms with Gasteiger partial charge in [-0.3, -0.25) is 15.5 Å². The Labute approximate surface area is 106 Å². The highest BCUT2D eigenvalue weighted by molar-refractivity contribution is 5.86. The van der Waals surface area contributed by atoms with Crippen molar-refractivity contribution >= 4 is 17.1 Å². The molecule has 1 aliphatic rings. The molecule has 0 spiro atoms. The fourth-order valence-electron chi connectivity index (χ4n) is 2.23. The lowest BCUT2D eigenvalue weighted by Crippen LogP contribution is -2.14. The van der Waals surface area contributed by atoms with Gasteiger partial charge in [-0.05, 0) is 37.7 Å². The number of nitrogens with zero attached hydrogens (tertiary/aromatic N) is 2. The third kappa shape index (κ3) is 3.06. The summed E-state index contributed by atoms with van der Waals surface area (Å²) < 4.78 is 0. The second kappa shape index (κ2) is 5.62. The number of hydrogen-bond acceptors (Lipinski definition) is 4. The van der Waals surface area contributed by atoms with E-state index in [-0.39, 0.29) is 5.69 Å². The molecule has 0 heterocycles. The molecule has 1 saturated carbocycles. The van der Waals surface area contributed by atoms with E-state index < -0.39 is 4.92 Å². The molecule has 1 fully saturated rings. The third-order valence-corrected chi connectivity index (χ3v) is 3.18. The van der Waals surface area contributed by atoms with Crippen molar-refractivity contribution in [1.29, 1.82) is 0 Å². The smallest absolute Gasteiger partial charge is 0.272 e. The topological polar surface area (TPSA) is 67.5 Å². The fraction of sp³-hybridized carbons (Fsp3) is 0.462. The first-order valence-electron chi connectivity index (χ1n) is 6.21. The Kier molecular flexibility index (Phi) is 3.92. The summed E-state index contributed by atoms with van der Waals surface area (Å²) in [5.74, 6) is 0.657. The molecule has 1 aromatic rings. The number of hydrazone groups is 1. The Bertz CT molecular complexity index is 471. The Morgan fingerprint density at radius 3 is 2.94 bits per heavy atom.